The van der Waals surface area contributed by atoms with Gasteiger partial charge in [0.2, 0.25) is 0 Å². The smallest absolute Gasteiger partial charge is 0.0646 e. The molecule has 0 aromatic heterocycles. The first kappa shape index (κ1) is 11.0. The van der Waals surface area contributed by atoms with Crippen molar-refractivity contribution in [2.75, 3.05) is 13.2 Å². The van der Waals surface area contributed by atoms with Crippen molar-refractivity contribution in [1.82, 2.24) is 0 Å². The lowest BCUT2D eigenvalue weighted by Crippen LogP contribution is -2.47. The van der Waals surface area contributed by atoms with Crippen LogP contribution in [0, 0.1) is 0 Å². The zero-order valence-electron chi connectivity index (χ0n) is 8.85. The summed E-state index contributed by atoms with van der Waals surface area (Å²) in [5.74, 6) is 0. The van der Waals surface area contributed by atoms with Crippen LogP contribution in [0.1, 0.15) is 51.9 Å². The van der Waals surface area contributed by atoms with Gasteiger partial charge in [-0.25, -0.2) is 0 Å². The Morgan fingerprint density at radius 1 is 1.31 bits per heavy atom. The first-order valence-electron chi connectivity index (χ1n) is 5.63. The molecule has 2 N–H and O–H groups in total. The van der Waals surface area contributed by atoms with Gasteiger partial charge in [-0.15, -0.1) is 0 Å². The van der Waals surface area contributed by atoms with Gasteiger partial charge in [0.1, 0.15) is 0 Å². The van der Waals surface area contributed by atoms with Crippen LogP contribution >= 0.6 is 0 Å². The molecule has 78 valence electrons. The molecule has 0 amide bonds. The van der Waals surface area contributed by atoms with Crippen molar-refractivity contribution in [2.24, 2.45) is 5.73 Å². The maximum atomic E-state index is 6.22. The van der Waals surface area contributed by atoms with Gasteiger partial charge in [0.15, 0.2) is 0 Å². The number of hydrogen-bond acceptors (Lipinski definition) is 2. The van der Waals surface area contributed by atoms with Gasteiger partial charge in [-0.3, -0.25) is 0 Å². The van der Waals surface area contributed by atoms with Crippen LogP contribution in [-0.4, -0.2) is 18.8 Å². The largest absolute Gasteiger partial charge is 0.380 e. The Bertz CT molecular complexity index is 130. The second-order valence-electron chi connectivity index (χ2n) is 4.33. The van der Waals surface area contributed by atoms with Crippen LogP contribution < -0.4 is 5.73 Å². The van der Waals surface area contributed by atoms with Gasteiger partial charge >= 0.3 is 0 Å². The van der Waals surface area contributed by atoms with Crippen molar-refractivity contribution >= 4 is 0 Å². The lowest BCUT2D eigenvalue weighted by Gasteiger charge is -2.33. The van der Waals surface area contributed by atoms with E-state index in [4.69, 9.17) is 10.5 Å². The molecule has 13 heavy (non-hydrogen) atoms. The van der Waals surface area contributed by atoms with Gasteiger partial charge in [0.25, 0.3) is 0 Å². The van der Waals surface area contributed by atoms with E-state index in [-0.39, 0.29) is 5.54 Å². The van der Waals surface area contributed by atoms with E-state index in [9.17, 15) is 0 Å². The number of rotatable bonds is 5. The third kappa shape index (κ3) is 4.10. The zero-order valence-corrected chi connectivity index (χ0v) is 8.85. The van der Waals surface area contributed by atoms with Gasteiger partial charge in [0.05, 0.1) is 6.61 Å². The molecule has 0 spiro atoms. The molecule has 1 rings (SSSR count). The van der Waals surface area contributed by atoms with E-state index in [2.05, 4.69) is 6.92 Å². The second kappa shape index (κ2) is 5.61. The molecule has 0 radical (unpaired) electrons. The van der Waals surface area contributed by atoms with E-state index in [0.29, 0.717) is 0 Å². The molecule has 0 aromatic carbocycles. The molecular formula is C11H23NO. The molecule has 1 saturated heterocycles. The Kier molecular flexibility index (Phi) is 4.74. The summed E-state index contributed by atoms with van der Waals surface area (Å²) >= 11 is 0. The molecule has 0 saturated carbocycles. The van der Waals surface area contributed by atoms with Crippen LogP contribution in [0.3, 0.4) is 0 Å². The summed E-state index contributed by atoms with van der Waals surface area (Å²) in [4.78, 5) is 0. The third-order valence-electron chi connectivity index (χ3n) is 2.88. The van der Waals surface area contributed by atoms with Crippen LogP contribution in [0.2, 0.25) is 0 Å². The highest BCUT2D eigenvalue weighted by atomic mass is 16.5. The van der Waals surface area contributed by atoms with E-state index in [1.807, 2.05) is 0 Å². The average Bonchev–Trinajstić information content (AvgIpc) is 2.14. The molecule has 1 aliphatic rings. The van der Waals surface area contributed by atoms with Gasteiger partial charge in [0, 0.05) is 12.1 Å². The highest BCUT2D eigenvalue weighted by Crippen LogP contribution is 2.22. The predicted molar refractivity (Wildman–Crippen MR) is 55.7 cm³/mol. The lowest BCUT2D eigenvalue weighted by atomic mass is 9.88. The summed E-state index contributed by atoms with van der Waals surface area (Å²) in [6, 6.07) is 0. The van der Waals surface area contributed by atoms with E-state index in [0.717, 1.165) is 32.5 Å². The van der Waals surface area contributed by atoms with Crippen LogP contribution in [0.25, 0.3) is 0 Å². The van der Waals surface area contributed by atoms with Crippen molar-refractivity contribution in [1.29, 1.82) is 0 Å². The highest BCUT2D eigenvalue weighted by molar-refractivity contribution is 4.85. The first-order chi connectivity index (χ1) is 6.27. The van der Waals surface area contributed by atoms with E-state index in [1.165, 1.54) is 25.7 Å². The minimum atomic E-state index is 0.00594. The summed E-state index contributed by atoms with van der Waals surface area (Å²) in [6.07, 6.45) is 8.69. The quantitative estimate of drug-likeness (QED) is 0.668. The molecule has 0 aliphatic carbocycles. The lowest BCUT2D eigenvalue weighted by molar-refractivity contribution is 0.0334. The number of nitrogens with two attached hydrogens (primary N) is 1. The average molecular weight is 185 g/mol. The summed E-state index contributed by atoms with van der Waals surface area (Å²) in [5.41, 5.74) is 6.22. The summed E-state index contributed by atoms with van der Waals surface area (Å²) in [5, 5.41) is 0. The normalized spacial score (nSPS) is 29.1. The zero-order chi connectivity index (χ0) is 9.57. The maximum absolute atomic E-state index is 6.22. The van der Waals surface area contributed by atoms with Crippen LogP contribution in [0.15, 0.2) is 0 Å². The molecule has 2 heteroatoms. The number of unbranched alkanes of at least 4 members (excludes halogenated alkanes) is 3. The number of ether oxygens (including phenoxy) is 1. The SMILES string of the molecule is CCCCCCC1(N)CCCOC1. The van der Waals surface area contributed by atoms with Gasteiger partial charge in [-0.1, -0.05) is 32.6 Å². The molecular weight excluding hydrogens is 162 g/mol. The van der Waals surface area contributed by atoms with Crippen LogP contribution in [0.4, 0.5) is 0 Å². The van der Waals surface area contributed by atoms with Crippen molar-refractivity contribution in [2.45, 2.75) is 57.4 Å². The predicted octanol–water partition coefficient (Wildman–Crippen LogP) is 2.46. The van der Waals surface area contributed by atoms with Crippen LogP contribution in [0.5, 0.6) is 0 Å². The van der Waals surface area contributed by atoms with Crippen molar-refractivity contribution in [3.8, 4) is 0 Å². The summed E-state index contributed by atoms with van der Waals surface area (Å²) in [6.45, 7) is 3.93. The molecule has 1 aliphatic heterocycles. The molecule has 1 heterocycles. The monoisotopic (exact) mass is 185 g/mol. The summed E-state index contributed by atoms with van der Waals surface area (Å²) in [7, 11) is 0. The molecule has 1 atom stereocenters. The van der Waals surface area contributed by atoms with Crippen molar-refractivity contribution < 1.29 is 4.74 Å². The Labute approximate surface area is 81.8 Å². The summed E-state index contributed by atoms with van der Waals surface area (Å²) < 4.78 is 5.42. The topological polar surface area (TPSA) is 35.2 Å². The number of hydrogen-bond donors (Lipinski definition) is 1. The first-order valence-corrected chi connectivity index (χ1v) is 5.63. The molecule has 1 unspecified atom stereocenters. The van der Waals surface area contributed by atoms with Crippen LogP contribution in [-0.2, 0) is 4.74 Å². The van der Waals surface area contributed by atoms with Gasteiger partial charge in [-0.05, 0) is 19.3 Å². The Morgan fingerprint density at radius 2 is 2.15 bits per heavy atom. The molecule has 1 fully saturated rings. The fraction of sp³-hybridized carbons (Fsp3) is 1.00. The standard InChI is InChI=1S/C11H23NO/c1-2-3-4-5-7-11(12)8-6-9-13-10-11/h2-10,12H2,1H3. The van der Waals surface area contributed by atoms with E-state index >= 15 is 0 Å². The minimum absolute atomic E-state index is 0.00594. The van der Waals surface area contributed by atoms with Crippen molar-refractivity contribution in [3.05, 3.63) is 0 Å². The molecule has 0 bridgehead atoms. The van der Waals surface area contributed by atoms with Gasteiger partial charge < -0.3 is 10.5 Å². The minimum Gasteiger partial charge on any atom is -0.380 e. The Balaban J connectivity index is 2.10. The van der Waals surface area contributed by atoms with Crippen molar-refractivity contribution in [3.63, 3.8) is 0 Å². The highest BCUT2D eigenvalue weighted by Gasteiger charge is 2.27. The van der Waals surface area contributed by atoms with E-state index < -0.39 is 0 Å². The fourth-order valence-electron chi connectivity index (χ4n) is 1.97. The third-order valence-corrected chi connectivity index (χ3v) is 2.88. The Morgan fingerprint density at radius 3 is 2.77 bits per heavy atom. The fourth-order valence-corrected chi connectivity index (χ4v) is 1.97. The second-order valence-corrected chi connectivity index (χ2v) is 4.33. The molecule has 2 nitrogen and oxygen atoms in total. The molecule has 0 aromatic rings. The maximum Gasteiger partial charge on any atom is 0.0646 e. The van der Waals surface area contributed by atoms with Gasteiger partial charge in [-0.2, -0.15) is 0 Å². The van der Waals surface area contributed by atoms with E-state index in [1.54, 1.807) is 0 Å². The Hall–Kier alpha value is -0.0800.